The Morgan fingerprint density at radius 1 is 0.814 bits per heavy atom. The number of aromatic hydroxyl groups is 5. The predicted octanol–water partition coefficient (Wildman–Crippen LogP) is 2.35. The normalized spacial score (nSPS) is 22.1. The van der Waals surface area contributed by atoms with Gasteiger partial charge in [0.15, 0.2) is 11.5 Å². The van der Waals surface area contributed by atoms with Gasteiger partial charge >= 0.3 is 17.3 Å². The number of fused-ring (bicyclic) bond motifs is 1. The van der Waals surface area contributed by atoms with Crippen LogP contribution < -0.4 is 4.74 Å². The molecule has 1 aliphatic rings. The Morgan fingerprint density at radius 2 is 1.56 bits per heavy atom. The second-order valence-corrected chi connectivity index (χ2v) is 9.71. The van der Waals surface area contributed by atoms with Crippen molar-refractivity contribution >= 4 is 23.0 Å². The van der Waals surface area contributed by atoms with Crippen LogP contribution in [-0.4, -0.2) is 84.1 Å². The number of hydrogen-bond donors (Lipinski definition) is 8. The number of aliphatic hydroxyl groups is 3. The minimum Gasteiger partial charge on any atom is -0.508 e. The first-order valence-corrected chi connectivity index (χ1v) is 12.9. The smallest absolute Gasteiger partial charge is 0.402 e. The van der Waals surface area contributed by atoms with E-state index in [-0.39, 0.29) is 51.2 Å². The number of carbonyl (C=O) groups is 1. The van der Waals surface area contributed by atoms with Gasteiger partial charge in [0, 0.05) is 18.2 Å². The molecule has 0 unspecified atom stereocenters. The van der Waals surface area contributed by atoms with Crippen molar-refractivity contribution in [2.45, 2.75) is 30.7 Å². The van der Waals surface area contributed by atoms with E-state index in [0.717, 1.165) is 12.1 Å². The van der Waals surface area contributed by atoms with Crippen LogP contribution in [-0.2, 0) is 14.3 Å². The summed E-state index contributed by atoms with van der Waals surface area (Å²) in [7, 11) is 0. The Morgan fingerprint density at radius 3 is 2.28 bits per heavy atom. The number of phenols is 5. The molecule has 0 spiro atoms. The lowest BCUT2D eigenvalue weighted by molar-refractivity contribution is -0.278. The van der Waals surface area contributed by atoms with Crippen LogP contribution in [0.2, 0.25) is 0 Å². The lowest BCUT2D eigenvalue weighted by atomic mass is 9.99. The number of carbonyl (C=O) groups excluding carboxylic acids is 1. The highest BCUT2D eigenvalue weighted by molar-refractivity contribution is 5.88. The molecule has 1 saturated heterocycles. The van der Waals surface area contributed by atoms with Gasteiger partial charge in [-0.1, -0.05) is 6.07 Å². The lowest BCUT2D eigenvalue weighted by Crippen LogP contribution is -2.60. The van der Waals surface area contributed by atoms with Gasteiger partial charge < -0.3 is 55.1 Å². The molecule has 13 heteroatoms. The van der Waals surface area contributed by atoms with Gasteiger partial charge in [0.2, 0.25) is 12.0 Å². The fraction of sp³-hybridized carbons (Fsp3) is 0.200. The van der Waals surface area contributed by atoms with Gasteiger partial charge in [-0.3, -0.25) is 0 Å². The SMILES string of the molecule is O=C(/C=C/c1ccc(O)c(O)c1)OC[C@H]1O[C@@H](Oc2cc3c(O)cc(O)cc3[o+]c2-c2ccc(O)cc2)[C@H](O)[C@@H](O)[C@@H]1O. The van der Waals surface area contributed by atoms with Gasteiger partial charge in [-0.05, 0) is 48.0 Å². The third-order valence-corrected chi connectivity index (χ3v) is 6.66. The first kappa shape index (κ1) is 29.4. The Kier molecular flexibility index (Phi) is 8.23. The molecule has 0 aliphatic carbocycles. The van der Waals surface area contributed by atoms with Crippen LogP contribution in [0, 0.1) is 0 Å². The maximum atomic E-state index is 12.3. The zero-order valence-corrected chi connectivity index (χ0v) is 22.1. The third kappa shape index (κ3) is 6.39. The molecule has 0 saturated carbocycles. The molecule has 1 aromatic heterocycles. The highest BCUT2D eigenvalue weighted by atomic mass is 16.7. The van der Waals surface area contributed by atoms with Gasteiger partial charge in [-0.2, -0.15) is 0 Å². The quantitative estimate of drug-likeness (QED) is 0.0667. The molecule has 8 N–H and O–H groups in total. The maximum Gasteiger partial charge on any atom is 0.402 e. The summed E-state index contributed by atoms with van der Waals surface area (Å²) < 4.78 is 22.6. The Balaban J connectivity index is 1.37. The third-order valence-electron chi connectivity index (χ3n) is 6.66. The van der Waals surface area contributed by atoms with Crippen molar-refractivity contribution in [2.75, 3.05) is 6.61 Å². The monoisotopic (exact) mass is 595 g/mol. The van der Waals surface area contributed by atoms with Crippen molar-refractivity contribution in [1.82, 2.24) is 0 Å². The van der Waals surface area contributed by atoms with Gasteiger partial charge in [0.05, 0.1) is 11.6 Å². The Bertz CT molecular complexity index is 1670. The van der Waals surface area contributed by atoms with Gasteiger partial charge in [0.25, 0.3) is 0 Å². The molecule has 224 valence electrons. The van der Waals surface area contributed by atoms with E-state index in [9.17, 15) is 45.6 Å². The molecule has 5 atom stereocenters. The van der Waals surface area contributed by atoms with Crippen LogP contribution >= 0.6 is 0 Å². The second-order valence-electron chi connectivity index (χ2n) is 9.71. The zero-order valence-electron chi connectivity index (χ0n) is 22.1. The van der Waals surface area contributed by atoms with Crippen molar-refractivity contribution < 1.29 is 64.3 Å². The molecule has 4 aromatic rings. The Labute approximate surface area is 242 Å². The summed E-state index contributed by atoms with van der Waals surface area (Å²) in [5.74, 6) is -2.25. The maximum absolute atomic E-state index is 12.3. The highest BCUT2D eigenvalue weighted by Gasteiger charge is 2.46. The number of phenolic OH excluding ortho intramolecular Hbond substituents is 5. The van der Waals surface area contributed by atoms with Gasteiger partial charge in [-0.25, -0.2) is 9.21 Å². The minimum atomic E-state index is -1.78. The Hall–Kier alpha value is -5.08. The molecule has 3 aromatic carbocycles. The standard InChI is InChI=1S/C30H26O13/c31-16-5-3-15(4-6-16)29-23(12-18-20(34)10-17(32)11-22(18)41-29)42-30-28(39)27(38)26(37)24(43-30)13-40-25(36)8-2-14-1-7-19(33)21(35)9-14/h1-12,24,26-28,30,37-39H,13H2,(H4-,31,32,33,34,35,36)/p+1/t24-,26-,27+,28-,30-/m1/s1. The summed E-state index contributed by atoms with van der Waals surface area (Å²) in [4.78, 5) is 12.3. The summed E-state index contributed by atoms with van der Waals surface area (Å²) in [5.41, 5.74) is 0.858. The number of rotatable bonds is 7. The molecule has 43 heavy (non-hydrogen) atoms. The topological polar surface area (TPSA) is 218 Å². The summed E-state index contributed by atoms with van der Waals surface area (Å²) >= 11 is 0. The molecular weight excluding hydrogens is 568 g/mol. The number of hydrogen-bond acceptors (Lipinski definition) is 12. The van der Waals surface area contributed by atoms with Crippen molar-refractivity contribution in [1.29, 1.82) is 0 Å². The van der Waals surface area contributed by atoms with E-state index in [2.05, 4.69) is 0 Å². The summed E-state index contributed by atoms with van der Waals surface area (Å²) in [6, 6.07) is 13.4. The molecule has 1 aliphatic heterocycles. The molecule has 13 nitrogen and oxygen atoms in total. The largest absolute Gasteiger partial charge is 0.508 e. The molecule has 1 fully saturated rings. The van der Waals surface area contributed by atoms with E-state index in [1.165, 1.54) is 60.7 Å². The van der Waals surface area contributed by atoms with Crippen LogP contribution in [0.3, 0.4) is 0 Å². The predicted molar refractivity (Wildman–Crippen MR) is 148 cm³/mol. The van der Waals surface area contributed by atoms with Gasteiger partial charge in [0.1, 0.15) is 53.7 Å². The average Bonchev–Trinajstić information content (AvgIpc) is 2.97. The van der Waals surface area contributed by atoms with E-state index < -0.39 is 43.3 Å². The van der Waals surface area contributed by atoms with Crippen LogP contribution in [0.5, 0.6) is 34.5 Å². The molecule has 0 bridgehead atoms. The molecule has 0 radical (unpaired) electrons. The van der Waals surface area contributed by atoms with Crippen LogP contribution in [0.4, 0.5) is 0 Å². The second kappa shape index (κ2) is 12.0. The first-order chi connectivity index (χ1) is 20.5. The number of ether oxygens (including phenoxy) is 3. The van der Waals surface area contributed by atoms with Gasteiger partial charge in [-0.15, -0.1) is 0 Å². The molecule has 0 amide bonds. The fourth-order valence-corrected chi connectivity index (χ4v) is 4.38. The van der Waals surface area contributed by atoms with E-state index in [4.69, 9.17) is 18.6 Å². The van der Waals surface area contributed by atoms with Crippen LogP contribution in [0.25, 0.3) is 28.4 Å². The molecule has 5 rings (SSSR count). The summed E-state index contributed by atoms with van der Waals surface area (Å²) in [6.07, 6.45) is -5.86. The fourth-order valence-electron chi connectivity index (χ4n) is 4.38. The number of benzene rings is 3. The molecule has 2 heterocycles. The minimum absolute atomic E-state index is 0.0288. The highest BCUT2D eigenvalue weighted by Crippen LogP contribution is 2.40. The van der Waals surface area contributed by atoms with Crippen molar-refractivity contribution in [3.05, 3.63) is 72.3 Å². The average molecular weight is 596 g/mol. The van der Waals surface area contributed by atoms with E-state index >= 15 is 0 Å². The van der Waals surface area contributed by atoms with E-state index in [1.807, 2.05) is 0 Å². The van der Waals surface area contributed by atoms with Crippen LogP contribution in [0.1, 0.15) is 5.56 Å². The van der Waals surface area contributed by atoms with E-state index in [0.29, 0.717) is 11.1 Å². The lowest BCUT2D eigenvalue weighted by Gasteiger charge is -2.39. The summed E-state index contributed by atoms with van der Waals surface area (Å²) in [5, 5.41) is 80.7. The van der Waals surface area contributed by atoms with Crippen molar-refractivity contribution in [3.63, 3.8) is 0 Å². The zero-order chi connectivity index (χ0) is 30.8. The van der Waals surface area contributed by atoms with Crippen molar-refractivity contribution in [3.8, 4) is 45.8 Å². The first-order valence-electron chi connectivity index (χ1n) is 12.9. The van der Waals surface area contributed by atoms with Crippen molar-refractivity contribution in [2.24, 2.45) is 0 Å². The van der Waals surface area contributed by atoms with E-state index in [1.54, 1.807) is 0 Å². The molecular formula is C30H27O13+. The summed E-state index contributed by atoms with van der Waals surface area (Å²) in [6.45, 7) is -0.554. The van der Waals surface area contributed by atoms with Crippen LogP contribution in [0.15, 0.2) is 71.2 Å². The number of esters is 1. The number of aliphatic hydroxyl groups excluding tert-OH is 3.